The van der Waals surface area contributed by atoms with E-state index in [1.165, 1.54) is 0 Å². The summed E-state index contributed by atoms with van der Waals surface area (Å²) in [5.74, 6) is -1.24. The first-order valence-electron chi connectivity index (χ1n) is 16.9. The summed E-state index contributed by atoms with van der Waals surface area (Å²) >= 11 is 0. The van der Waals surface area contributed by atoms with E-state index in [9.17, 15) is 29.0 Å². The molecule has 2 heterocycles. The van der Waals surface area contributed by atoms with Crippen LogP contribution in [0.4, 0.5) is 4.39 Å². The number of aromatic nitrogens is 2. The lowest BCUT2D eigenvalue weighted by Gasteiger charge is -2.22. The Bertz CT molecular complexity index is 1670. The largest absolute Gasteiger partial charge is 0.508 e. The van der Waals surface area contributed by atoms with Gasteiger partial charge in [0.05, 0.1) is 25.9 Å². The number of halogens is 1. The predicted molar refractivity (Wildman–Crippen MR) is 187 cm³/mol. The highest BCUT2D eigenvalue weighted by atomic mass is 18.2. The number of benzene rings is 2. The van der Waals surface area contributed by atoms with Crippen molar-refractivity contribution < 1.29 is 38.5 Å². The minimum absolute atomic E-state index is 0.0278. The molecule has 0 spiro atoms. The van der Waals surface area contributed by atoms with Gasteiger partial charge in [-0.25, -0.2) is 4.39 Å². The van der Waals surface area contributed by atoms with Gasteiger partial charge in [-0.3, -0.25) is 14.4 Å². The lowest BCUT2D eigenvalue weighted by Crippen LogP contribution is -2.44. The molecule has 11 nitrogen and oxygen atoms in total. The van der Waals surface area contributed by atoms with Gasteiger partial charge in [-0.05, 0) is 100 Å². The Balaban J connectivity index is 1.48. The van der Waals surface area contributed by atoms with E-state index in [-0.39, 0.29) is 67.9 Å². The van der Waals surface area contributed by atoms with Gasteiger partial charge in [-0.15, -0.1) is 0 Å². The third-order valence-corrected chi connectivity index (χ3v) is 8.56. The zero-order valence-corrected chi connectivity index (χ0v) is 28.4. The normalized spacial score (nSPS) is 12.9. The van der Waals surface area contributed by atoms with Crippen molar-refractivity contribution in [2.24, 2.45) is 5.92 Å². The van der Waals surface area contributed by atoms with E-state index in [4.69, 9.17) is 9.47 Å². The second-order valence-corrected chi connectivity index (χ2v) is 12.8. The van der Waals surface area contributed by atoms with E-state index in [1.807, 2.05) is 14.1 Å². The van der Waals surface area contributed by atoms with Gasteiger partial charge in [0.2, 0.25) is 5.91 Å². The number of hydrogen-bond donors (Lipinski definition) is 5. The molecule has 2 aromatic heterocycles. The Labute approximate surface area is 286 Å². The molecule has 12 heteroatoms. The number of unbranched alkanes of at least 4 members (excludes halogenated alkanes) is 1. The van der Waals surface area contributed by atoms with E-state index in [0.717, 1.165) is 52.3 Å². The van der Waals surface area contributed by atoms with Crippen LogP contribution >= 0.6 is 0 Å². The highest BCUT2D eigenvalue weighted by Gasteiger charge is 2.28. The number of ether oxygens (including phenoxy) is 2. The van der Waals surface area contributed by atoms with Crippen molar-refractivity contribution in [1.82, 2.24) is 20.2 Å². The average Bonchev–Trinajstić information content (AvgIpc) is 3.65. The Kier molecular flexibility index (Phi) is 14.6. The Morgan fingerprint density at radius 1 is 0.857 bits per heavy atom. The van der Waals surface area contributed by atoms with Gasteiger partial charge in [0.1, 0.15) is 24.0 Å². The Hall–Kier alpha value is -4.26. The van der Waals surface area contributed by atoms with Gasteiger partial charge in [-0.2, -0.15) is 0 Å². The lowest BCUT2D eigenvalue weighted by atomic mass is 9.90. The Morgan fingerprint density at radius 3 is 2.14 bits per heavy atom. The summed E-state index contributed by atoms with van der Waals surface area (Å²) in [6.45, 7) is 1.25. The van der Waals surface area contributed by atoms with E-state index in [1.54, 1.807) is 48.8 Å². The second-order valence-electron chi connectivity index (χ2n) is 12.8. The molecule has 0 saturated carbocycles. The number of carbonyl (C=O) groups is 3. The number of phenols is 2. The molecule has 0 aliphatic rings. The number of nitrogens with one attached hydrogen (secondary N) is 3. The van der Waals surface area contributed by atoms with Gasteiger partial charge in [0.25, 0.3) is 0 Å². The van der Waals surface area contributed by atoms with Crippen molar-refractivity contribution in [2.75, 3.05) is 53.7 Å². The summed E-state index contributed by atoms with van der Waals surface area (Å²) in [4.78, 5) is 49.4. The molecule has 1 amide bonds. The van der Waals surface area contributed by atoms with E-state index in [2.05, 4.69) is 20.2 Å². The molecule has 5 N–H and O–H groups in total. The van der Waals surface area contributed by atoms with Crippen LogP contribution in [0.2, 0.25) is 0 Å². The van der Waals surface area contributed by atoms with Gasteiger partial charge in [0.15, 0.2) is 5.78 Å². The summed E-state index contributed by atoms with van der Waals surface area (Å²) in [7, 11) is 3.97. The second kappa shape index (κ2) is 19.1. The maximum atomic E-state index is 14.0. The number of rotatable bonds is 23. The molecule has 49 heavy (non-hydrogen) atoms. The fourth-order valence-electron chi connectivity index (χ4n) is 6.01. The number of amides is 1. The number of nitrogens with zero attached hydrogens (tertiary/aromatic N) is 1. The quantitative estimate of drug-likeness (QED) is 0.0687. The van der Waals surface area contributed by atoms with Crippen molar-refractivity contribution in [1.29, 1.82) is 0 Å². The minimum atomic E-state index is -0.780. The number of phenolic OH excluding ortho intramolecular Hbond substituents is 2. The van der Waals surface area contributed by atoms with Gasteiger partial charge < -0.3 is 39.9 Å². The minimum Gasteiger partial charge on any atom is -0.508 e. The van der Waals surface area contributed by atoms with E-state index in [0.29, 0.717) is 26.1 Å². The van der Waals surface area contributed by atoms with Gasteiger partial charge >= 0.3 is 0 Å². The fraction of sp³-hybridized carbons (Fsp3) is 0.486. The zero-order valence-electron chi connectivity index (χ0n) is 28.4. The van der Waals surface area contributed by atoms with Crippen LogP contribution in [0, 0.1) is 5.92 Å². The smallest absolute Gasteiger partial charge is 0.224 e. The van der Waals surface area contributed by atoms with Gasteiger partial charge in [-0.1, -0.05) is 0 Å². The molecule has 266 valence electrons. The molecular formula is C37H49FN4O7. The molecule has 0 radical (unpaired) electrons. The molecule has 4 rings (SSSR count). The van der Waals surface area contributed by atoms with Crippen molar-refractivity contribution in [3.8, 4) is 11.5 Å². The third kappa shape index (κ3) is 11.7. The van der Waals surface area contributed by atoms with Crippen LogP contribution in [0.5, 0.6) is 11.5 Å². The SMILES string of the molecule is CN(C)CCCC[C@H](NC(=O)[C@@H](CC(=O)Cc1c[nH]c2ccc(O)cc12)Cc1c[nH]c2ccc(O)cc12)C(=O)CCCOCCOCC[18F]. The first-order valence-corrected chi connectivity index (χ1v) is 16.9. The number of alkyl halides is 1. The first kappa shape index (κ1) is 37.6. The number of Topliss-reactive ketones (excluding diaryl/α,β-unsaturated/α-hetero) is 2. The van der Waals surface area contributed by atoms with E-state index >= 15 is 0 Å². The molecule has 2 aromatic carbocycles. The van der Waals surface area contributed by atoms with Crippen LogP contribution in [0.3, 0.4) is 0 Å². The number of aromatic hydroxyl groups is 2. The molecule has 0 aliphatic carbocycles. The van der Waals surface area contributed by atoms with Crippen LogP contribution in [0.1, 0.15) is 49.7 Å². The molecule has 0 saturated heterocycles. The maximum absolute atomic E-state index is 14.0. The fourth-order valence-corrected chi connectivity index (χ4v) is 6.01. The van der Waals surface area contributed by atoms with Crippen molar-refractivity contribution in [3.63, 3.8) is 0 Å². The van der Waals surface area contributed by atoms with Crippen LogP contribution < -0.4 is 5.32 Å². The average molecular weight is 680 g/mol. The van der Waals surface area contributed by atoms with Crippen molar-refractivity contribution in [2.45, 2.75) is 57.4 Å². The molecule has 0 unspecified atom stereocenters. The van der Waals surface area contributed by atoms with Gasteiger partial charge in [0, 0.05) is 66.0 Å². The van der Waals surface area contributed by atoms with Crippen LogP contribution in [-0.4, -0.2) is 102 Å². The summed E-state index contributed by atoms with van der Waals surface area (Å²) in [5.41, 5.74) is 3.08. The molecule has 0 fully saturated rings. The van der Waals surface area contributed by atoms with Crippen LogP contribution in [0.15, 0.2) is 48.8 Å². The maximum Gasteiger partial charge on any atom is 0.224 e. The molecular weight excluding hydrogens is 630 g/mol. The van der Waals surface area contributed by atoms with Crippen molar-refractivity contribution >= 4 is 39.3 Å². The van der Waals surface area contributed by atoms with Crippen LogP contribution in [-0.2, 0) is 36.7 Å². The standard InChI is InChI=1S/C37H49FN4O7/c1-42(2)13-4-3-6-35(36(46)7-5-14-48-16-17-49-15-12-38)41-37(47)25(18-26-23-39-33-10-8-28(43)21-31(26)33)19-30(45)20-27-24-40-34-11-9-29(44)22-32(27)34/h8-11,21-25,35,39-40,43-44H,3-7,12-20H2,1-2H3,(H,41,47)/t25-,35+/m1/s1/i38-1. The Morgan fingerprint density at radius 2 is 1.49 bits per heavy atom. The number of hydrogen-bond acceptors (Lipinski definition) is 8. The van der Waals surface area contributed by atoms with Crippen molar-refractivity contribution in [3.05, 3.63) is 59.9 Å². The topological polar surface area (TPSA) is 157 Å². The number of carbonyl (C=O) groups excluding carboxylic acids is 3. The number of fused-ring (bicyclic) bond motifs is 2. The molecule has 0 aliphatic heterocycles. The summed E-state index contributed by atoms with van der Waals surface area (Å²) in [6.07, 6.45) is 6.47. The zero-order chi connectivity index (χ0) is 35.2. The summed E-state index contributed by atoms with van der Waals surface area (Å²) in [5, 5.41) is 24.6. The number of H-pyrrole nitrogens is 2. The summed E-state index contributed by atoms with van der Waals surface area (Å²) in [6, 6.07) is 9.16. The first-order chi connectivity index (χ1) is 23.6. The highest BCUT2D eigenvalue weighted by Crippen LogP contribution is 2.28. The molecule has 4 aromatic rings. The van der Waals surface area contributed by atoms with E-state index < -0.39 is 18.6 Å². The predicted octanol–water partition coefficient (Wildman–Crippen LogP) is 4.99. The number of aromatic amines is 2. The molecule has 2 atom stereocenters. The number of ketones is 2. The monoisotopic (exact) mass is 679 g/mol. The highest BCUT2D eigenvalue weighted by molar-refractivity contribution is 5.95. The molecule has 0 bridgehead atoms. The lowest BCUT2D eigenvalue weighted by molar-refractivity contribution is -0.132. The van der Waals surface area contributed by atoms with Crippen LogP contribution in [0.25, 0.3) is 21.8 Å². The third-order valence-electron chi connectivity index (χ3n) is 8.56. The summed E-state index contributed by atoms with van der Waals surface area (Å²) < 4.78 is 22.8.